The molecule has 9 heteroatoms. The fourth-order valence-corrected chi connectivity index (χ4v) is 5.24. The molecule has 1 fully saturated rings. The second-order valence-electron chi connectivity index (χ2n) is 8.14. The van der Waals surface area contributed by atoms with E-state index < -0.39 is 5.92 Å². The molecular formula is C25H20ClFN4O2S. The van der Waals surface area contributed by atoms with E-state index >= 15 is 0 Å². The first-order chi connectivity index (χ1) is 16.4. The van der Waals surface area contributed by atoms with Crippen molar-refractivity contribution in [3.63, 3.8) is 0 Å². The van der Waals surface area contributed by atoms with E-state index in [1.807, 2.05) is 37.3 Å². The van der Waals surface area contributed by atoms with Crippen LogP contribution in [0.2, 0.25) is 5.02 Å². The average molecular weight is 495 g/mol. The zero-order valence-electron chi connectivity index (χ0n) is 18.2. The Bertz CT molecular complexity index is 1380. The van der Waals surface area contributed by atoms with E-state index in [1.165, 1.54) is 28.4 Å². The number of aromatic nitrogens is 2. The Morgan fingerprint density at radius 3 is 2.74 bits per heavy atom. The van der Waals surface area contributed by atoms with E-state index in [0.29, 0.717) is 21.5 Å². The number of amides is 2. The number of pyridine rings is 1. The zero-order valence-corrected chi connectivity index (χ0v) is 19.8. The molecule has 2 aromatic heterocycles. The molecular weight excluding hydrogens is 475 g/mol. The second-order valence-corrected chi connectivity index (χ2v) is 9.56. The zero-order chi connectivity index (χ0) is 23.8. The van der Waals surface area contributed by atoms with Crippen molar-refractivity contribution >= 4 is 55.8 Å². The van der Waals surface area contributed by atoms with Crippen molar-refractivity contribution in [1.82, 2.24) is 9.97 Å². The summed E-state index contributed by atoms with van der Waals surface area (Å²) in [5.74, 6) is -1.31. The van der Waals surface area contributed by atoms with Gasteiger partial charge in [-0.15, -0.1) is 0 Å². The first kappa shape index (κ1) is 22.4. The summed E-state index contributed by atoms with van der Waals surface area (Å²) in [5, 5.41) is 1.15. The van der Waals surface area contributed by atoms with Crippen LogP contribution >= 0.6 is 22.9 Å². The van der Waals surface area contributed by atoms with Gasteiger partial charge < -0.3 is 4.90 Å². The summed E-state index contributed by atoms with van der Waals surface area (Å²) in [6.07, 6.45) is 1.75. The SMILES string of the molecule is Cc1c(Cl)ccc2sc(N(Cc3ccccn3)C(=O)C3CC(=O)N(c4ccc(F)cc4)C3)nc12. The van der Waals surface area contributed by atoms with Gasteiger partial charge >= 0.3 is 0 Å². The molecule has 1 aliphatic heterocycles. The van der Waals surface area contributed by atoms with E-state index in [0.717, 1.165) is 15.8 Å². The van der Waals surface area contributed by atoms with Crippen LogP contribution in [0, 0.1) is 18.7 Å². The predicted octanol–water partition coefficient (Wildman–Crippen LogP) is 5.38. The van der Waals surface area contributed by atoms with Gasteiger partial charge in [-0.2, -0.15) is 0 Å². The topological polar surface area (TPSA) is 66.4 Å². The Kier molecular flexibility index (Phi) is 6.02. The van der Waals surface area contributed by atoms with Crippen molar-refractivity contribution in [3.05, 3.63) is 82.9 Å². The van der Waals surface area contributed by atoms with Crippen molar-refractivity contribution in [3.8, 4) is 0 Å². The quantitative estimate of drug-likeness (QED) is 0.373. The van der Waals surface area contributed by atoms with Gasteiger partial charge in [0.1, 0.15) is 5.82 Å². The second kappa shape index (κ2) is 9.12. The van der Waals surface area contributed by atoms with E-state index in [4.69, 9.17) is 16.6 Å². The third-order valence-electron chi connectivity index (χ3n) is 5.89. The average Bonchev–Trinajstić information content (AvgIpc) is 3.45. The molecule has 4 aromatic rings. The van der Waals surface area contributed by atoms with Crippen LogP contribution in [-0.2, 0) is 16.1 Å². The van der Waals surface area contributed by atoms with Crippen molar-refractivity contribution in [2.45, 2.75) is 19.9 Å². The van der Waals surface area contributed by atoms with Crippen LogP contribution < -0.4 is 9.80 Å². The summed E-state index contributed by atoms with van der Waals surface area (Å²) in [5.41, 5.74) is 2.89. The number of fused-ring (bicyclic) bond motifs is 1. The third kappa shape index (κ3) is 4.26. The van der Waals surface area contributed by atoms with E-state index in [2.05, 4.69) is 4.98 Å². The van der Waals surface area contributed by atoms with E-state index in [9.17, 15) is 14.0 Å². The number of benzene rings is 2. The molecule has 1 unspecified atom stereocenters. The van der Waals surface area contributed by atoms with Crippen LogP contribution in [-0.4, -0.2) is 28.3 Å². The molecule has 2 aromatic carbocycles. The van der Waals surface area contributed by atoms with E-state index in [-0.39, 0.29) is 37.1 Å². The van der Waals surface area contributed by atoms with Gasteiger partial charge in [-0.1, -0.05) is 29.0 Å². The fraction of sp³-hybridized carbons (Fsp3) is 0.200. The standard InChI is InChI=1S/C25H20ClFN4O2S/c1-15-20(26)9-10-21-23(15)29-25(34-21)31(14-18-4-2-3-11-28-18)24(33)16-12-22(32)30(13-16)19-7-5-17(27)6-8-19/h2-11,16H,12-14H2,1H3. The maximum absolute atomic E-state index is 13.8. The number of hydrogen-bond donors (Lipinski definition) is 0. The molecule has 2 amide bonds. The van der Waals surface area contributed by atoms with Gasteiger partial charge in [-0.3, -0.25) is 19.5 Å². The summed E-state index contributed by atoms with van der Waals surface area (Å²) in [6, 6.07) is 14.9. The summed E-state index contributed by atoms with van der Waals surface area (Å²) < 4.78 is 14.3. The lowest BCUT2D eigenvalue weighted by Gasteiger charge is -2.23. The molecule has 3 heterocycles. The fourth-order valence-electron chi connectivity index (χ4n) is 4.06. The van der Waals surface area contributed by atoms with Crippen LogP contribution in [0.1, 0.15) is 17.7 Å². The first-order valence-corrected chi connectivity index (χ1v) is 11.9. The Labute approximate surface area is 204 Å². The molecule has 0 N–H and O–H groups in total. The smallest absolute Gasteiger partial charge is 0.234 e. The highest BCUT2D eigenvalue weighted by Crippen LogP contribution is 2.36. The Balaban J connectivity index is 1.48. The lowest BCUT2D eigenvalue weighted by atomic mass is 10.1. The predicted molar refractivity (Wildman–Crippen MR) is 132 cm³/mol. The number of thiazole rings is 1. The van der Waals surface area contributed by atoms with Gasteiger partial charge in [0.25, 0.3) is 0 Å². The van der Waals surface area contributed by atoms with Gasteiger partial charge in [0.2, 0.25) is 11.8 Å². The number of hydrogen-bond acceptors (Lipinski definition) is 5. The molecule has 0 radical (unpaired) electrons. The molecule has 0 saturated carbocycles. The minimum Gasteiger partial charge on any atom is -0.312 e. The number of aryl methyl sites for hydroxylation is 1. The number of anilines is 2. The normalized spacial score (nSPS) is 15.8. The Morgan fingerprint density at radius 2 is 2.00 bits per heavy atom. The Hall–Kier alpha value is -3.36. The molecule has 0 bridgehead atoms. The van der Waals surface area contributed by atoms with Crippen LogP contribution in [0.5, 0.6) is 0 Å². The minimum atomic E-state index is -0.557. The first-order valence-electron chi connectivity index (χ1n) is 10.7. The molecule has 34 heavy (non-hydrogen) atoms. The molecule has 5 rings (SSSR count). The Morgan fingerprint density at radius 1 is 1.21 bits per heavy atom. The van der Waals surface area contributed by atoms with Gasteiger partial charge in [0.05, 0.1) is 28.4 Å². The van der Waals surface area contributed by atoms with Crippen molar-refractivity contribution < 1.29 is 14.0 Å². The third-order valence-corrected chi connectivity index (χ3v) is 7.35. The maximum atomic E-state index is 13.8. The minimum absolute atomic E-state index is 0.0741. The number of carbonyl (C=O) groups is 2. The van der Waals surface area contributed by atoms with Gasteiger partial charge in [0, 0.05) is 29.9 Å². The maximum Gasteiger partial charge on any atom is 0.234 e. The molecule has 172 valence electrons. The highest BCUT2D eigenvalue weighted by molar-refractivity contribution is 7.22. The van der Waals surface area contributed by atoms with Crippen LogP contribution in [0.4, 0.5) is 15.2 Å². The van der Waals surface area contributed by atoms with Gasteiger partial charge in [-0.25, -0.2) is 9.37 Å². The van der Waals surface area contributed by atoms with Crippen LogP contribution in [0.3, 0.4) is 0 Å². The highest BCUT2D eigenvalue weighted by atomic mass is 35.5. The summed E-state index contributed by atoms with van der Waals surface area (Å²) in [4.78, 5) is 38.7. The monoisotopic (exact) mass is 494 g/mol. The molecule has 1 aliphatic rings. The number of carbonyl (C=O) groups excluding carboxylic acids is 2. The lowest BCUT2D eigenvalue weighted by Crippen LogP contribution is -2.37. The summed E-state index contributed by atoms with van der Waals surface area (Å²) >= 11 is 7.68. The van der Waals surface area contributed by atoms with Gasteiger partial charge in [0.15, 0.2) is 5.13 Å². The van der Waals surface area contributed by atoms with Crippen molar-refractivity contribution in [2.24, 2.45) is 5.92 Å². The number of halogens is 2. The van der Waals surface area contributed by atoms with Crippen molar-refractivity contribution in [2.75, 3.05) is 16.3 Å². The van der Waals surface area contributed by atoms with Gasteiger partial charge in [-0.05, 0) is 61.0 Å². The highest BCUT2D eigenvalue weighted by Gasteiger charge is 2.38. The van der Waals surface area contributed by atoms with E-state index in [1.54, 1.807) is 23.2 Å². The number of rotatable bonds is 5. The van der Waals surface area contributed by atoms with Crippen molar-refractivity contribution in [1.29, 1.82) is 0 Å². The molecule has 0 spiro atoms. The molecule has 1 atom stereocenters. The number of nitrogens with zero attached hydrogens (tertiary/aromatic N) is 4. The van der Waals surface area contributed by atoms with Crippen LogP contribution in [0.25, 0.3) is 10.2 Å². The largest absolute Gasteiger partial charge is 0.312 e. The molecule has 1 saturated heterocycles. The summed E-state index contributed by atoms with van der Waals surface area (Å²) in [7, 11) is 0. The molecule has 6 nitrogen and oxygen atoms in total. The lowest BCUT2D eigenvalue weighted by molar-refractivity contribution is -0.124. The van der Waals surface area contributed by atoms with Crippen LogP contribution in [0.15, 0.2) is 60.8 Å². The molecule has 0 aliphatic carbocycles. The summed E-state index contributed by atoms with van der Waals surface area (Å²) in [6.45, 7) is 2.35.